The van der Waals surface area contributed by atoms with Crippen LogP contribution < -0.4 is 30.5 Å². The smallest absolute Gasteiger partial charge is 0.417 e. The van der Waals surface area contributed by atoms with E-state index in [1.165, 1.54) is 94.6 Å². The maximum Gasteiger partial charge on any atom is 0.417 e. The van der Waals surface area contributed by atoms with Gasteiger partial charge in [0.15, 0.2) is 6.10 Å². The molecule has 30 heteroatoms. The van der Waals surface area contributed by atoms with Crippen LogP contribution in [0, 0.1) is 41.4 Å². The van der Waals surface area contributed by atoms with Crippen molar-refractivity contribution in [2.75, 3.05) is 68.8 Å². The van der Waals surface area contributed by atoms with Gasteiger partial charge in [0.1, 0.15) is 71.9 Å². The van der Waals surface area contributed by atoms with Crippen molar-refractivity contribution in [3.05, 3.63) is 66.2 Å². The number of para-hydroxylation sites is 1. The lowest BCUT2D eigenvalue weighted by atomic mass is 9.91. The molecular weight excluding hydrogens is 1420 g/mol. The number of hydrogen-bond acceptors (Lipinski definition) is 18. The minimum Gasteiger partial charge on any atom is -0.480 e. The highest BCUT2D eigenvalue weighted by Crippen LogP contribution is 2.49. The van der Waals surface area contributed by atoms with Gasteiger partial charge in [0, 0.05) is 49.3 Å². The summed E-state index contributed by atoms with van der Waals surface area (Å²) in [5.41, 5.74) is 0.651. The second-order valence-corrected chi connectivity index (χ2v) is 33.2. The number of amides is 11. The Kier molecular flexibility index (Phi) is 38.1. The molecule has 0 aliphatic carbocycles. The molecule has 0 saturated carbocycles. The predicted octanol–water partition coefficient (Wildman–Crippen LogP) is 6.98. The normalized spacial score (nSPS) is 24.3. The molecule has 3 rings (SSSR count). The summed E-state index contributed by atoms with van der Waals surface area (Å²) in [7, 11) is 5.60. The maximum absolute atomic E-state index is 15.6. The summed E-state index contributed by atoms with van der Waals surface area (Å²) in [4.78, 5) is 184. The van der Waals surface area contributed by atoms with E-state index in [1.54, 1.807) is 115 Å². The summed E-state index contributed by atoms with van der Waals surface area (Å²) >= 11 is 0. The quantitative estimate of drug-likeness (QED) is 0.0494. The second-order valence-electron chi connectivity index (χ2n) is 31.3. The molecule has 5 N–H and O–H groups in total. The molecule has 1 aliphatic rings. The molecule has 1 fully saturated rings. The van der Waals surface area contributed by atoms with Crippen LogP contribution >= 0.6 is 7.60 Å². The molecule has 1 aliphatic heterocycles. The van der Waals surface area contributed by atoms with Crippen molar-refractivity contribution in [2.24, 2.45) is 41.4 Å². The van der Waals surface area contributed by atoms with Crippen molar-refractivity contribution in [1.29, 1.82) is 0 Å². The number of allylic oxidation sites excluding steroid dienone is 1. The molecule has 0 aromatic heterocycles. The highest BCUT2D eigenvalue weighted by molar-refractivity contribution is 7.54. The Bertz CT molecular complexity index is 3460. The van der Waals surface area contributed by atoms with Gasteiger partial charge in [-0.3, -0.25) is 57.3 Å². The molecular formula is C79H128N11O18P. The minimum atomic E-state index is -4.15. The van der Waals surface area contributed by atoms with Crippen molar-refractivity contribution >= 4 is 84.6 Å². The molecule has 612 valence electrons. The first-order valence-corrected chi connectivity index (χ1v) is 39.8. The average molecular weight is 1550 g/mol. The van der Waals surface area contributed by atoms with Crippen LogP contribution in [0.1, 0.15) is 169 Å². The van der Waals surface area contributed by atoms with Crippen LogP contribution in [0.15, 0.2) is 60.7 Å². The summed E-state index contributed by atoms with van der Waals surface area (Å²) in [6.07, 6.45) is 0.482. The van der Waals surface area contributed by atoms with E-state index in [1.807, 2.05) is 55.4 Å². The van der Waals surface area contributed by atoms with Gasteiger partial charge in [-0.1, -0.05) is 139 Å². The van der Waals surface area contributed by atoms with E-state index in [4.69, 9.17) is 18.5 Å². The third-order valence-electron chi connectivity index (χ3n) is 19.3. The molecule has 1 heterocycles. The monoisotopic (exact) mass is 1550 g/mol. The number of aliphatic hydroxyl groups excluding tert-OH is 1. The van der Waals surface area contributed by atoms with E-state index in [2.05, 4.69) is 21.3 Å². The number of rotatable bonds is 25. The first-order valence-electron chi connectivity index (χ1n) is 38.1. The van der Waals surface area contributed by atoms with Gasteiger partial charge in [0.2, 0.25) is 71.3 Å². The molecule has 109 heavy (non-hydrogen) atoms. The lowest BCUT2D eigenvalue weighted by molar-refractivity contribution is -0.157. The van der Waals surface area contributed by atoms with Crippen LogP contribution in [0.25, 0.3) is 6.08 Å². The van der Waals surface area contributed by atoms with Crippen LogP contribution in [0.3, 0.4) is 0 Å². The fourth-order valence-corrected chi connectivity index (χ4v) is 14.3. The Morgan fingerprint density at radius 2 is 1.00 bits per heavy atom. The van der Waals surface area contributed by atoms with Gasteiger partial charge < -0.3 is 74.7 Å². The molecule has 29 nitrogen and oxygen atoms in total. The van der Waals surface area contributed by atoms with Gasteiger partial charge in [0.05, 0.1) is 19.3 Å². The molecule has 1 saturated heterocycles. The number of carbonyl (C=O) groups is 12. The predicted molar refractivity (Wildman–Crippen MR) is 416 cm³/mol. The van der Waals surface area contributed by atoms with Crippen LogP contribution in [0.2, 0.25) is 0 Å². The molecule has 14 atom stereocenters. The Hall–Kier alpha value is -8.43. The van der Waals surface area contributed by atoms with Crippen molar-refractivity contribution in [2.45, 2.75) is 236 Å². The van der Waals surface area contributed by atoms with Crippen molar-refractivity contribution in [3.63, 3.8) is 0 Å². The van der Waals surface area contributed by atoms with E-state index in [-0.39, 0.29) is 80.3 Å². The summed E-state index contributed by atoms with van der Waals surface area (Å²) in [6, 6.07) is 1.87. The molecule has 2 aromatic rings. The number of benzene rings is 2. The Labute approximate surface area is 646 Å². The topological polar surface area (TPSA) is 350 Å². The number of esters is 1. The minimum absolute atomic E-state index is 0.0493. The lowest BCUT2D eigenvalue weighted by Crippen LogP contribution is -2.63. The van der Waals surface area contributed by atoms with Crippen molar-refractivity contribution in [1.82, 2.24) is 55.6 Å². The van der Waals surface area contributed by atoms with Crippen LogP contribution in [-0.4, -0.2) is 252 Å². The fourth-order valence-electron chi connectivity index (χ4n) is 12.8. The van der Waals surface area contributed by atoms with Gasteiger partial charge in [-0.15, -0.1) is 0 Å². The number of carbonyl (C=O) groups excluding carboxylic acids is 12. The zero-order valence-electron chi connectivity index (χ0n) is 69.1. The van der Waals surface area contributed by atoms with Gasteiger partial charge in [-0.05, 0) is 137 Å². The summed E-state index contributed by atoms with van der Waals surface area (Å²) in [5.74, 6) is -11.0. The second kappa shape index (κ2) is 43.8. The highest BCUT2D eigenvalue weighted by atomic mass is 31.2. The van der Waals surface area contributed by atoms with Gasteiger partial charge >= 0.3 is 13.6 Å². The number of nitrogens with one attached hydrogen (secondary N) is 4. The summed E-state index contributed by atoms with van der Waals surface area (Å²) < 4.78 is 36.5. The van der Waals surface area contributed by atoms with Crippen molar-refractivity contribution < 1.29 is 85.7 Å². The van der Waals surface area contributed by atoms with E-state index in [0.29, 0.717) is 5.56 Å². The lowest BCUT2D eigenvalue weighted by Gasteiger charge is -2.41. The zero-order chi connectivity index (χ0) is 83.0. The van der Waals surface area contributed by atoms with Crippen LogP contribution in [0.5, 0.6) is 11.5 Å². The standard InChI is InChI=1S/C79H128N11O18P/c1-26-59-74(98)84(19)44-64(91)85(20)60(40-46(3)4)71(95)83-65(50(11)12)77(101)86(21)61(41-47(5)6)70(94)80-53(16)69(93)81-54(17)73(97)87(22)62(42-48(7)8)75(99)88(23)63(43-49(9)10)76(100)89(24)66(51(13)14)78(102)90(25)67(72(96)82-59)68(92)52(15)32-31-33-56-36-38-57(39-37-56)106-45-109(104,107-55(18)79(103)105-27-2)108-58-34-29-28-30-35-58/h28-31,33-39,46-55,59-63,65-68,92H,26-27,32,40-45H2,1-25H3,(H,80,94)(H,81,93)(H,82,96)(H,83,95)/t52-,53+,54-,55+,59+,60+,61+,62+,63+,65+,66+,67+,68-,109?/m1/s1. The SMILES string of the molecule is CCOC(=O)[C@H](C)OP(=O)(COc1ccc(C=CC[C@@H](C)[C@@H](O)[C@H]2C(=O)N[C@@H](CC)C(=O)N(C)CC(=O)N(C)[C@@H](CC(C)C)C(=O)N[C@@H](C(C)C)C(=O)N(C)[C@@H](CC(C)C)C(=O)N[C@@H](C)C(=O)N[C@H](C)C(=O)N(C)[C@@H](CC(C)C)C(=O)N(C)[C@@H](CC(C)C)C(=O)N(C)[C@@H](C(C)C)C(=O)N2C)cc1)Oc1ccccc1. The Balaban J connectivity index is 2.26. The summed E-state index contributed by atoms with van der Waals surface area (Å²) in [6.45, 7) is 30.2. The molecule has 1 unspecified atom stereocenters. The Morgan fingerprint density at radius 3 is 1.50 bits per heavy atom. The maximum atomic E-state index is 15.6. The Morgan fingerprint density at radius 1 is 0.523 bits per heavy atom. The van der Waals surface area contributed by atoms with Crippen molar-refractivity contribution in [3.8, 4) is 11.5 Å². The number of hydrogen-bond donors (Lipinski definition) is 5. The third-order valence-corrected chi connectivity index (χ3v) is 20.9. The number of ether oxygens (including phenoxy) is 2. The molecule has 0 bridgehead atoms. The highest BCUT2D eigenvalue weighted by Gasteiger charge is 2.46. The van der Waals surface area contributed by atoms with E-state index in [9.17, 15) is 48.0 Å². The molecule has 2 aromatic carbocycles. The fraction of sp³-hybridized carbons (Fsp3) is 0.671. The van der Waals surface area contributed by atoms with Crippen LogP contribution in [-0.2, 0) is 71.4 Å². The number of likely N-dealkylation sites (N-methyl/N-ethyl adjacent to an activating group) is 7. The largest absolute Gasteiger partial charge is 0.480 e. The first-order chi connectivity index (χ1) is 50.7. The third kappa shape index (κ3) is 27.8. The molecule has 0 spiro atoms. The van der Waals surface area contributed by atoms with Gasteiger partial charge in [-0.25, -0.2) is 9.36 Å². The van der Waals surface area contributed by atoms with E-state index in [0.717, 1.165) is 9.80 Å². The van der Waals surface area contributed by atoms with E-state index < -0.39 is 182 Å². The van der Waals surface area contributed by atoms with Gasteiger partial charge in [-0.2, -0.15) is 0 Å². The molecule has 0 radical (unpaired) electrons. The number of aliphatic hydroxyl groups is 1. The van der Waals surface area contributed by atoms with Crippen LogP contribution in [0.4, 0.5) is 0 Å². The van der Waals surface area contributed by atoms with E-state index >= 15 is 19.2 Å². The first kappa shape index (κ1) is 94.8. The molecule has 11 amide bonds. The average Bonchev–Trinajstić information content (AvgIpc) is 0.793. The number of nitrogens with zero attached hydrogens (tertiary/aromatic N) is 7. The zero-order valence-corrected chi connectivity index (χ0v) is 70.0. The van der Waals surface area contributed by atoms with Gasteiger partial charge in [0.25, 0.3) is 0 Å². The summed E-state index contributed by atoms with van der Waals surface area (Å²) in [5, 5.41) is 23.6.